The van der Waals surface area contributed by atoms with E-state index >= 15 is 0 Å². The van der Waals surface area contributed by atoms with Gasteiger partial charge in [0.05, 0.1) is 4.47 Å². The second-order valence-electron chi connectivity index (χ2n) is 3.74. The maximum Gasteiger partial charge on any atom is 0.221 e. The Morgan fingerprint density at radius 3 is 2.80 bits per heavy atom. The molecular formula is C10H17BrN4. The molecule has 0 spiro atoms. The highest BCUT2D eigenvalue weighted by Gasteiger charge is 2.12. The largest absolute Gasteiger partial charge is 0.368 e. The van der Waals surface area contributed by atoms with Crippen LogP contribution in [-0.2, 0) is 0 Å². The molecule has 3 N–H and O–H groups in total. The van der Waals surface area contributed by atoms with E-state index in [0.29, 0.717) is 12.0 Å². The molecule has 1 rings (SSSR count). The zero-order valence-electron chi connectivity index (χ0n) is 9.29. The van der Waals surface area contributed by atoms with Gasteiger partial charge in [0, 0.05) is 12.2 Å². The number of hydrogen-bond donors (Lipinski definition) is 2. The molecule has 2 unspecified atom stereocenters. The highest BCUT2D eigenvalue weighted by atomic mass is 79.9. The molecule has 0 saturated carbocycles. The summed E-state index contributed by atoms with van der Waals surface area (Å²) in [6.45, 7) is 6.52. The first-order valence-electron chi connectivity index (χ1n) is 5.09. The Balaban J connectivity index is 2.75. The average molecular weight is 273 g/mol. The Hall–Kier alpha value is -0.840. The lowest BCUT2D eigenvalue weighted by molar-refractivity contribution is 0.493. The molecule has 1 heterocycles. The van der Waals surface area contributed by atoms with Crippen LogP contribution in [0.25, 0.3) is 0 Å². The van der Waals surface area contributed by atoms with Gasteiger partial charge in [-0.3, -0.25) is 0 Å². The number of anilines is 2. The van der Waals surface area contributed by atoms with E-state index in [1.165, 1.54) is 0 Å². The normalized spacial score (nSPS) is 14.7. The molecule has 0 fully saturated rings. The van der Waals surface area contributed by atoms with Crippen LogP contribution < -0.4 is 11.1 Å². The van der Waals surface area contributed by atoms with Gasteiger partial charge in [-0.2, -0.15) is 4.98 Å². The molecule has 15 heavy (non-hydrogen) atoms. The molecule has 2 atom stereocenters. The van der Waals surface area contributed by atoms with Crippen LogP contribution in [0, 0.1) is 5.92 Å². The third kappa shape index (κ3) is 3.34. The van der Waals surface area contributed by atoms with Crippen molar-refractivity contribution in [2.75, 3.05) is 11.1 Å². The number of aromatic nitrogens is 2. The maximum atomic E-state index is 5.53. The predicted octanol–water partition coefficient (Wildman–Crippen LogP) is 2.67. The topological polar surface area (TPSA) is 63.8 Å². The monoisotopic (exact) mass is 272 g/mol. The summed E-state index contributed by atoms with van der Waals surface area (Å²) in [4.78, 5) is 8.03. The molecule has 5 heteroatoms. The molecule has 1 aromatic rings. The van der Waals surface area contributed by atoms with Crippen molar-refractivity contribution >= 4 is 27.7 Å². The van der Waals surface area contributed by atoms with E-state index < -0.39 is 0 Å². The van der Waals surface area contributed by atoms with Crippen LogP contribution in [0.5, 0.6) is 0 Å². The Morgan fingerprint density at radius 1 is 1.53 bits per heavy atom. The summed E-state index contributed by atoms with van der Waals surface area (Å²) in [5.41, 5.74) is 5.53. The van der Waals surface area contributed by atoms with Crippen LogP contribution >= 0.6 is 15.9 Å². The number of nitrogens with zero attached hydrogens (tertiary/aromatic N) is 2. The lowest BCUT2D eigenvalue weighted by atomic mass is 10.0. The fourth-order valence-corrected chi connectivity index (χ4v) is 1.50. The van der Waals surface area contributed by atoms with Gasteiger partial charge in [-0.25, -0.2) is 4.98 Å². The van der Waals surface area contributed by atoms with Gasteiger partial charge in [-0.05, 0) is 28.8 Å². The highest BCUT2D eigenvalue weighted by molar-refractivity contribution is 9.10. The zero-order chi connectivity index (χ0) is 11.4. The van der Waals surface area contributed by atoms with Crippen molar-refractivity contribution in [3.05, 3.63) is 10.7 Å². The summed E-state index contributed by atoms with van der Waals surface area (Å²) in [5, 5.41) is 3.32. The van der Waals surface area contributed by atoms with E-state index in [9.17, 15) is 0 Å². The van der Waals surface area contributed by atoms with Gasteiger partial charge in [-0.15, -0.1) is 0 Å². The molecule has 0 bridgehead atoms. The summed E-state index contributed by atoms with van der Waals surface area (Å²) in [5.74, 6) is 1.64. The van der Waals surface area contributed by atoms with E-state index in [0.717, 1.165) is 16.7 Å². The van der Waals surface area contributed by atoms with Gasteiger partial charge < -0.3 is 11.1 Å². The summed E-state index contributed by atoms with van der Waals surface area (Å²) in [6.07, 6.45) is 2.79. The van der Waals surface area contributed by atoms with Crippen LogP contribution in [0.1, 0.15) is 27.2 Å². The van der Waals surface area contributed by atoms with E-state index in [1.807, 2.05) is 0 Å². The minimum atomic E-state index is 0.289. The Bertz CT molecular complexity index is 329. The SMILES string of the molecule is CCC(C)C(C)Nc1nc(N)ncc1Br. The number of nitrogen functional groups attached to an aromatic ring is 1. The molecule has 0 saturated heterocycles. The molecule has 4 nitrogen and oxygen atoms in total. The van der Waals surface area contributed by atoms with Crippen molar-refractivity contribution in [3.63, 3.8) is 0 Å². The number of nitrogens with two attached hydrogens (primary N) is 1. The standard InChI is InChI=1S/C10H17BrN4/c1-4-6(2)7(3)14-9-8(11)5-13-10(12)15-9/h5-7H,4H2,1-3H3,(H3,12,13,14,15). The van der Waals surface area contributed by atoms with E-state index in [1.54, 1.807) is 6.20 Å². The first-order chi connectivity index (χ1) is 7.04. The third-order valence-electron chi connectivity index (χ3n) is 2.62. The van der Waals surface area contributed by atoms with Gasteiger partial charge in [0.15, 0.2) is 0 Å². The second-order valence-corrected chi connectivity index (χ2v) is 4.60. The van der Waals surface area contributed by atoms with Gasteiger partial charge in [0.2, 0.25) is 5.95 Å². The smallest absolute Gasteiger partial charge is 0.221 e. The number of nitrogens with one attached hydrogen (secondary N) is 1. The fraction of sp³-hybridized carbons (Fsp3) is 0.600. The van der Waals surface area contributed by atoms with Crippen molar-refractivity contribution in [2.45, 2.75) is 33.2 Å². The second kappa shape index (κ2) is 5.30. The molecule has 0 aromatic carbocycles. The Kier molecular flexibility index (Phi) is 4.32. The number of hydrogen-bond acceptors (Lipinski definition) is 4. The van der Waals surface area contributed by atoms with E-state index in [-0.39, 0.29) is 5.95 Å². The summed E-state index contributed by atoms with van der Waals surface area (Å²) in [7, 11) is 0. The predicted molar refractivity (Wildman–Crippen MR) is 66.7 cm³/mol. The molecule has 1 aromatic heterocycles. The highest BCUT2D eigenvalue weighted by Crippen LogP contribution is 2.22. The zero-order valence-corrected chi connectivity index (χ0v) is 10.9. The van der Waals surface area contributed by atoms with Gasteiger partial charge in [-0.1, -0.05) is 20.3 Å². The maximum absolute atomic E-state index is 5.53. The van der Waals surface area contributed by atoms with Crippen molar-refractivity contribution in [3.8, 4) is 0 Å². The van der Waals surface area contributed by atoms with Crippen LogP contribution in [0.3, 0.4) is 0 Å². The van der Waals surface area contributed by atoms with Crippen LogP contribution in [-0.4, -0.2) is 16.0 Å². The van der Waals surface area contributed by atoms with E-state index in [4.69, 9.17) is 5.73 Å². The summed E-state index contributed by atoms with van der Waals surface area (Å²) in [6, 6.07) is 0.362. The minimum absolute atomic E-state index is 0.289. The summed E-state index contributed by atoms with van der Waals surface area (Å²) < 4.78 is 0.840. The molecule has 0 aliphatic heterocycles. The van der Waals surface area contributed by atoms with Crippen molar-refractivity contribution in [2.24, 2.45) is 5.92 Å². The van der Waals surface area contributed by atoms with Crippen LogP contribution in [0.4, 0.5) is 11.8 Å². The quantitative estimate of drug-likeness (QED) is 0.885. The Morgan fingerprint density at radius 2 is 2.20 bits per heavy atom. The van der Waals surface area contributed by atoms with Crippen molar-refractivity contribution < 1.29 is 0 Å². The van der Waals surface area contributed by atoms with Crippen LogP contribution in [0.2, 0.25) is 0 Å². The first-order valence-corrected chi connectivity index (χ1v) is 5.88. The van der Waals surface area contributed by atoms with E-state index in [2.05, 4.69) is 52.0 Å². The summed E-state index contributed by atoms with van der Waals surface area (Å²) >= 11 is 3.39. The number of halogens is 1. The van der Waals surface area contributed by atoms with Crippen LogP contribution in [0.15, 0.2) is 10.7 Å². The third-order valence-corrected chi connectivity index (χ3v) is 3.20. The minimum Gasteiger partial charge on any atom is -0.368 e. The van der Waals surface area contributed by atoms with Gasteiger partial charge >= 0.3 is 0 Å². The molecule has 0 amide bonds. The lowest BCUT2D eigenvalue weighted by Gasteiger charge is -2.20. The van der Waals surface area contributed by atoms with Crippen molar-refractivity contribution in [1.82, 2.24) is 9.97 Å². The number of rotatable bonds is 4. The fourth-order valence-electron chi connectivity index (χ4n) is 1.19. The molecule has 0 aliphatic carbocycles. The van der Waals surface area contributed by atoms with Crippen molar-refractivity contribution in [1.29, 1.82) is 0 Å². The lowest BCUT2D eigenvalue weighted by Crippen LogP contribution is -2.24. The average Bonchev–Trinajstić information content (AvgIpc) is 2.22. The molecular weight excluding hydrogens is 256 g/mol. The Labute approximate surface area is 98.8 Å². The molecule has 0 radical (unpaired) electrons. The van der Waals surface area contributed by atoms with Gasteiger partial charge in [0.1, 0.15) is 5.82 Å². The molecule has 0 aliphatic rings. The van der Waals surface area contributed by atoms with Gasteiger partial charge in [0.25, 0.3) is 0 Å². The molecule has 84 valence electrons. The first kappa shape index (κ1) is 12.2.